The molecular formula is C24H25ClN4O4. The highest BCUT2D eigenvalue weighted by Gasteiger charge is 2.15. The van der Waals surface area contributed by atoms with Crippen LogP contribution in [0, 0.1) is 0 Å². The molecule has 1 aromatic heterocycles. The molecule has 0 radical (unpaired) electrons. The molecule has 8 nitrogen and oxygen atoms in total. The van der Waals surface area contributed by atoms with E-state index in [1.807, 2.05) is 30.3 Å². The van der Waals surface area contributed by atoms with Gasteiger partial charge in [-0.1, -0.05) is 41.9 Å². The minimum atomic E-state index is -0.859. The number of benzene rings is 2. The second kappa shape index (κ2) is 11.7. The summed E-state index contributed by atoms with van der Waals surface area (Å²) in [6, 6.07) is 17.9. The Bertz CT molecular complexity index is 1090. The maximum Gasteiger partial charge on any atom is 0.412 e. The van der Waals surface area contributed by atoms with Crippen molar-refractivity contribution in [1.82, 2.24) is 4.98 Å². The fourth-order valence-electron chi connectivity index (χ4n) is 3.12. The van der Waals surface area contributed by atoms with Crippen molar-refractivity contribution in [2.75, 3.05) is 29.0 Å². The van der Waals surface area contributed by atoms with E-state index in [0.29, 0.717) is 29.6 Å². The van der Waals surface area contributed by atoms with Gasteiger partial charge in [0.05, 0.1) is 12.1 Å². The molecule has 4 N–H and O–H groups in total. The summed E-state index contributed by atoms with van der Waals surface area (Å²) >= 11 is 6.17. The Balaban J connectivity index is 1.49. The van der Waals surface area contributed by atoms with E-state index >= 15 is 0 Å². The average molecular weight is 469 g/mol. The van der Waals surface area contributed by atoms with Crippen molar-refractivity contribution < 1.29 is 19.4 Å². The van der Waals surface area contributed by atoms with E-state index < -0.39 is 18.2 Å². The molecule has 3 aromatic rings. The van der Waals surface area contributed by atoms with E-state index in [1.165, 1.54) is 0 Å². The van der Waals surface area contributed by atoms with Crippen LogP contribution in [-0.2, 0) is 16.0 Å². The zero-order chi connectivity index (χ0) is 23.6. The molecule has 0 spiro atoms. The summed E-state index contributed by atoms with van der Waals surface area (Å²) in [4.78, 5) is 27.4. The van der Waals surface area contributed by atoms with Crippen molar-refractivity contribution in [3.63, 3.8) is 0 Å². The lowest BCUT2D eigenvalue weighted by atomic mass is 10.1. The molecule has 1 amide bonds. The van der Waals surface area contributed by atoms with E-state index in [1.54, 1.807) is 43.5 Å². The number of aliphatic carboxylic acids is 1. The van der Waals surface area contributed by atoms with Gasteiger partial charge < -0.3 is 20.5 Å². The van der Waals surface area contributed by atoms with Gasteiger partial charge in [-0.15, -0.1) is 0 Å². The van der Waals surface area contributed by atoms with Crippen LogP contribution < -0.4 is 16.0 Å². The summed E-state index contributed by atoms with van der Waals surface area (Å²) in [7, 11) is 0. The summed E-state index contributed by atoms with van der Waals surface area (Å²) < 4.78 is 5.45. The minimum absolute atomic E-state index is 0.00309. The fourth-order valence-corrected chi connectivity index (χ4v) is 3.41. The number of carboxylic acid groups (broad SMARTS) is 1. The molecule has 0 aliphatic rings. The first kappa shape index (κ1) is 23.9. The van der Waals surface area contributed by atoms with Crippen LogP contribution in [0.2, 0.25) is 5.02 Å². The third kappa shape index (κ3) is 7.40. The van der Waals surface area contributed by atoms with Gasteiger partial charge in [-0.05, 0) is 42.8 Å². The lowest BCUT2D eigenvalue weighted by Crippen LogP contribution is -2.19. The number of rotatable bonds is 10. The van der Waals surface area contributed by atoms with Crippen LogP contribution in [-0.4, -0.2) is 35.2 Å². The molecule has 2 aromatic carbocycles. The molecule has 1 heterocycles. The Labute approximate surface area is 197 Å². The number of pyridine rings is 1. The predicted molar refractivity (Wildman–Crippen MR) is 129 cm³/mol. The summed E-state index contributed by atoms with van der Waals surface area (Å²) in [5.41, 5.74) is 2.83. The molecule has 0 saturated heterocycles. The molecule has 0 bridgehead atoms. The Kier molecular flexibility index (Phi) is 8.49. The first-order valence-electron chi connectivity index (χ1n) is 10.4. The SMILES string of the molecule is CC(OC(=O)Nc1cccnc1NCCNc1ccc(CC(=O)O)cc1)c1ccccc1Cl. The van der Waals surface area contributed by atoms with E-state index in [4.69, 9.17) is 21.4 Å². The number of carbonyl (C=O) groups excluding carboxylic acids is 1. The molecule has 0 fully saturated rings. The van der Waals surface area contributed by atoms with Crippen LogP contribution in [0.25, 0.3) is 0 Å². The maximum absolute atomic E-state index is 12.4. The number of hydrogen-bond acceptors (Lipinski definition) is 6. The molecule has 3 rings (SSSR count). The van der Waals surface area contributed by atoms with Gasteiger partial charge in [0.15, 0.2) is 0 Å². The molecule has 172 valence electrons. The van der Waals surface area contributed by atoms with Gasteiger partial charge in [-0.2, -0.15) is 0 Å². The van der Waals surface area contributed by atoms with E-state index in [9.17, 15) is 9.59 Å². The van der Waals surface area contributed by atoms with Crippen molar-refractivity contribution in [3.8, 4) is 0 Å². The molecule has 0 saturated carbocycles. The van der Waals surface area contributed by atoms with Crippen LogP contribution in [0.1, 0.15) is 24.2 Å². The second-order valence-electron chi connectivity index (χ2n) is 7.21. The van der Waals surface area contributed by atoms with Crippen LogP contribution >= 0.6 is 11.6 Å². The van der Waals surface area contributed by atoms with Gasteiger partial charge in [0.25, 0.3) is 0 Å². The number of nitrogens with zero attached hydrogens (tertiary/aromatic N) is 1. The number of hydrogen-bond donors (Lipinski definition) is 4. The Morgan fingerprint density at radius 3 is 2.48 bits per heavy atom. The quantitative estimate of drug-likeness (QED) is 0.302. The number of carbonyl (C=O) groups is 2. The topological polar surface area (TPSA) is 113 Å². The van der Waals surface area contributed by atoms with Crippen molar-refractivity contribution in [2.45, 2.75) is 19.4 Å². The lowest BCUT2D eigenvalue weighted by molar-refractivity contribution is -0.136. The molecule has 0 aliphatic heterocycles. The van der Waals surface area contributed by atoms with Crippen molar-refractivity contribution in [3.05, 3.63) is 83.0 Å². The van der Waals surface area contributed by atoms with Gasteiger partial charge >= 0.3 is 12.1 Å². The maximum atomic E-state index is 12.4. The van der Waals surface area contributed by atoms with E-state index in [2.05, 4.69) is 20.9 Å². The highest BCUT2D eigenvalue weighted by molar-refractivity contribution is 6.31. The highest BCUT2D eigenvalue weighted by Crippen LogP contribution is 2.26. The summed E-state index contributed by atoms with van der Waals surface area (Å²) in [5, 5.41) is 18.5. The molecule has 1 unspecified atom stereocenters. The average Bonchev–Trinajstić information content (AvgIpc) is 2.78. The fraction of sp³-hybridized carbons (Fsp3) is 0.208. The Hall–Kier alpha value is -3.78. The number of ether oxygens (including phenoxy) is 1. The number of halogens is 1. The van der Waals surface area contributed by atoms with Crippen molar-refractivity contribution >= 4 is 40.9 Å². The van der Waals surface area contributed by atoms with Crippen LogP contribution in [0.4, 0.5) is 22.0 Å². The lowest BCUT2D eigenvalue weighted by Gasteiger charge is -2.17. The van der Waals surface area contributed by atoms with Gasteiger partial charge in [-0.25, -0.2) is 9.78 Å². The van der Waals surface area contributed by atoms with Gasteiger partial charge in [-0.3, -0.25) is 10.1 Å². The smallest absolute Gasteiger partial charge is 0.412 e. The van der Waals surface area contributed by atoms with Crippen LogP contribution in [0.15, 0.2) is 66.9 Å². The summed E-state index contributed by atoms with van der Waals surface area (Å²) in [6.45, 7) is 2.87. The van der Waals surface area contributed by atoms with Crippen molar-refractivity contribution in [1.29, 1.82) is 0 Å². The Morgan fingerprint density at radius 2 is 1.76 bits per heavy atom. The number of aromatic nitrogens is 1. The monoisotopic (exact) mass is 468 g/mol. The number of nitrogens with one attached hydrogen (secondary N) is 3. The third-order valence-corrected chi connectivity index (χ3v) is 5.07. The largest absolute Gasteiger partial charge is 0.481 e. The first-order valence-corrected chi connectivity index (χ1v) is 10.8. The predicted octanol–water partition coefficient (Wildman–Crippen LogP) is 5.20. The third-order valence-electron chi connectivity index (χ3n) is 4.73. The number of amides is 1. The summed E-state index contributed by atoms with van der Waals surface area (Å²) in [5.74, 6) is -0.347. The Morgan fingerprint density at radius 1 is 1.03 bits per heavy atom. The summed E-state index contributed by atoms with van der Waals surface area (Å²) in [6.07, 6.45) is 0.493. The number of anilines is 3. The van der Waals surface area contributed by atoms with Crippen LogP contribution in [0.3, 0.4) is 0 Å². The zero-order valence-corrected chi connectivity index (χ0v) is 18.8. The van der Waals surface area contributed by atoms with Gasteiger partial charge in [0, 0.05) is 35.6 Å². The van der Waals surface area contributed by atoms with Gasteiger partial charge in [0.1, 0.15) is 11.9 Å². The van der Waals surface area contributed by atoms with Crippen molar-refractivity contribution in [2.24, 2.45) is 0 Å². The van der Waals surface area contributed by atoms with E-state index in [0.717, 1.165) is 16.8 Å². The molecule has 33 heavy (non-hydrogen) atoms. The number of carboxylic acids is 1. The normalized spacial score (nSPS) is 11.3. The van der Waals surface area contributed by atoms with E-state index in [-0.39, 0.29) is 6.42 Å². The standard InChI is InChI=1S/C24H25ClN4O4/c1-16(19-5-2-3-6-20(19)25)33-24(32)29-21-7-4-12-27-23(21)28-14-13-26-18-10-8-17(9-11-18)15-22(30)31/h2-12,16,26H,13-15H2,1H3,(H,27,28)(H,29,32)(H,30,31). The van der Waals surface area contributed by atoms with Gasteiger partial charge in [0.2, 0.25) is 0 Å². The molecule has 9 heteroatoms. The first-order chi connectivity index (χ1) is 15.9. The molecule has 1 atom stereocenters. The second-order valence-corrected chi connectivity index (χ2v) is 7.62. The minimum Gasteiger partial charge on any atom is -0.481 e. The molecule has 0 aliphatic carbocycles. The highest BCUT2D eigenvalue weighted by atomic mass is 35.5. The zero-order valence-electron chi connectivity index (χ0n) is 18.0. The molecular weight excluding hydrogens is 444 g/mol. The van der Waals surface area contributed by atoms with Crippen LogP contribution in [0.5, 0.6) is 0 Å².